The Morgan fingerprint density at radius 2 is 1.57 bits per heavy atom. The molecule has 0 atom stereocenters. The highest BCUT2D eigenvalue weighted by Crippen LogP contribution is 2.33. The smallest absolute Gasteiger partial charge is 0.358 e. The highest BCUT2D eigenvalue weighted by Gasteiger charge is 2.33. The van der Waals surface area contributed by atoms with Crippen molar-refractivity contribution >= 4 is 22.9 Å². The quantitative estimate of drug-likeness (QED) is 0.579. The first-order valence-electron chi connectivity index (χ1n) is 8.18. The normalized spacial score (nSPS) is 14.8. The van der Waals surface area contributed by atoms with Crippen LogP contribution in [0.3, 0.4) is 0 Å². The maximum Gasteiger partial charge on any atom is 0.419 e. The summed E-state index contributed by atoms with van der Waals surface area (Å²) in [5.41, 5.74) is -1.24. The SMILES string of the molecule is O=[N+]([O-])c1ccc(N2CCN(c3ccc(C(F)(F)F)c[nH+]3)CC2)c([N+](=O)[O-])c1. The van der Waals surface area contributed by atoms with Crippen LogP contribution in [0.1, 0.15) is 5.56 Å². The van der Waals surface area contributed by atoms with Gasteiger partial charge in [-0.2, -0.15) is 13.2 Å². The average Bonchev–Trinajstić information content (AvgIpc) is 2.67. The molecule has 0 radical (unpaired) electrons. The van der Waals surface area contributed by atoms with Crippen LogP contribution in [0, 0.1) is 20.2 Å². The Kier molecular flexibility index (Phi) is 5.03. The number of H-pyrrole nitrogens is 1. The first kappa shape index (κ1) is 19.3. The van der Waals surface area contributed by atoms with E-state index in [1.807, 2.05) is 4.90 Å². The number of piperazine rings is 1. The van der Waals surface area contributed by atoms with Gasteiger partial charge in [0.15, 0.2) is 0 Å². The highest BCUT2D eigenvalue weighted by atomic mass is 19.4. The molecule has 28 heavy (non-hydrogen) atoms. The Bertz CT molecular complexity index is 896. The Morgan fingerprint density at radius 1 is 0.929 bits per heavy atom. The molecular formula is C16H15F3N5O4+. The number of hydrogen-bond donors (Lipinski definition) is 0. The number of benzene rings is 1. The lowest BCUT2D eigenvalue weighted by atomic mass is 10.2. The van der Waals surface area contributed by atoms with Crippen LogP contribution in [-0.2, 0) is 6.18 Å². The van der Waals surface area contributed by atoms with Gasteiger partial charge in [-0.1, -0.05) is 0 Å². The minimum absolute atomic E-state index is 0.270. The summed E-state index contributed by atoms with van der Waals surface area (Å²) in [5.74, 6) is 0.505. The number of rotatable bonds is 4. The van der Waals surface area contributed by atoms with E-state index >= 15 is 0 Å². The number of nitrogens with zero attached hydrogens (tertiary/aromatic N) is 4. The van der Waals surface area contributed by atoms with Crippen LogP contribution in [-0.4, -0.2) is 36.0 Å². The molecule has 0 amide bonds. The molecule has 1 N–H and O–H groups in total. The van der Waals surface area contributed by atoms with E-state index in [1.165, 1.54) is 18.2 Å². The molecule has 1 aliphatic heterocycles. The monoisotopic (exact) mass is 398 g/mol. The Labute approximate surface area is 156 Å². The molecule has 0 unspecified atom stereocenters. The third-order valence-corrected chi connectivity index (χ3v) is 4.45. The van der Waals surface area contributed by atoms with Crippen LogP contribution < -0.4 is 14.8 Å². The van der Waals surface area contributed by atoms with E-state index in [2.05, 4.69) is 4.98 Å². The van der Waals surface area contributed by atoms with Crippen molar-refractivity contribution < 1.29 is 28.0 Å². The fourth-order valence-corrected chi connectivity index (χ4v) is 3.02. The van der Waals surface area contributed by atoms with Gasteiger partial charge >= 0.3 is 6.18 Å². The van der Waals surface area contributed by atoms with Gasteiger partial charge in [-0.05, 0) is 12.1 Å². The lowest BCUT2D eigenvalue weighted by Crippen LogP contribution is -2.48. The summed E-state index contributed by atoms with van der Waals surface area (Å²) in [6.07, 6.45) is -3.54. The standard InChI is InChI=1S/C16H14F3N5O4/c17-16(18,19)11-1-4-15(20-10-11)22-7-5-21(6-8-22)13-3-2-12(23(25)26)9-14(13)24(27)28/h1-4,9-10H,5-8H2/p+1. The molecule has 1 aromatic carbocycles. The summed E-state index contributed by atoms with van der Waals surface area (Å²) in [6, 6.07) is 5.80. The first-order chi connectivity index (χ1) is 13.2. The van der Waals surface area contributed by atoms with Gasteiger partial charge < -0.3 is 4.90 Å². The van der Waals surface area contributed by atoms with Gasteiger partial charge in [0, 0.05) is 12.1 Å². The molecule has 0 saturated carbocycles. The maximum atomic E-state index is 12.6. The predicted octanol–water partition coefficient (Wildman–Crippen LogP) is 2.66. The van der Waals surface area contributed by atoms with E-state index in [1.54, 1.807) is 4.90 Å². The molecular weight excluding hydrogens is 383 g/mol. The minimum atomic E-state index is -4.43. The third-order valence-electron chi connectivity index (χ3n) is 4.45. The zero-order valence-electron chi connectivity index (χ0n) is 14.3. The van der Waals surface area contributed by atoms with Gasteiger partial charge in [0.05, 0.1) is 34.6 Å². The minimum Gasteiger partial charge on any atom is -0.358 e. The number of hydrogen-bond acceptors (Lipinski definition) is 6. The average molecular weight is 398 g/mol. The fraction of sp³-hybridized carbons (Fsp3) is 0.312. The number of aromatic amines is 1. The van der Waals surface area contributed by atoms with E-state index in [9.17, 15) is 33.4 Å². The zero-order valence-corrected chi connectivity index (χ0v) is 14.3. The van der Waals surface area contributed by atoms with Crippen molar-refractivity contribution in [3.8, 4) is 0 Å². The van der Waals surface area contributed by atoms with Crippen LogP contribution in [0.2, 0.25) is 0 Å². The topological polar surface area (TPSA) is 107 Å². The van der Waals surface area contributed by atoms with Crippen LogP contribution in [0.4, 0.5) is 36.1 Å². The summed E-state index contributed by atoms with van der Waals surface area (Å²) in [4.78, 5) is 26.9. The van der Waals surface area contributed by atoms with Crippen molar-refractivity contribution in [2.45, 2.75) is 6.18 Å². The maximum absolute atomic E-state index is 12.6. The molecule has 0 spiro atoms. The molecule has 1 saturated heterocycles. The molecule has 1 fully saturated rings. The lowest BCUT2D eigenvalue weighted by Gasteiger charge is -2.32. The van der Waals surface area contributed by atoms with Gasteiger partial charge in [0.2, 0.25) is 0 Å². The second kappa shape index (κ2) is 7.29. The van der Waals surface area contributed by atoms with E-state index in [0.29, 0.717) is 32.0 Å². The molecule has 0 bridgehead atoms. The summed E-state index contributed by atoms with van der Waals surface area (Å²) >= 11 is 0. The van der Waals surface area contributed by atoms with Crippen LogP contribution in [0.15, 0.2) is 36.5 Å². The van der Waals surface area contributed by atoms with Crippen LogP contribution >= 0.6 is 0 Å². The van der Waals surface area contributed by atoms with Crippen molar-refractivity contribution in [2.75, 3.05) is 36.0 Å². The van der Waals surface area contributed by atoms with Crippen molar-refractivity contribution in [1.29, 1.82) is 0 Å². The number of halogens is 3. The summed E-state index contributed by atoms with van der Waals surface area (Å²) in [6.45, 7) is 1.56. The first-order valence-corrected chi connectivity index (χ1v) is 8.18. The zero-order chi connectivity index (χ0) is 20.5. The van der Waals surface area contributed by atoms with Gasteiger partial charge in [-0.25, -0.2) is 4.98 Å². The Hall–Kier alpha value is -3.44. The largest absolute Gasteiger partial charge is 0.419 e. The van der Waals surface area contributed by atoms with Crippen LogP contribution in [0.5, 0.6) is 0 Å². The Morgan fingerprint density at radius 3 is 2.07 bits per heavy atom. The third kappa shape index (κ3) is 3.94. The van der Waals surface area contributed by atoms with E-state index < -0.39 is 21.6 Å². The number of nitrogens with one attached hydrogen (secondary N) is 1. The molecule has 3 rings (SSSR count). The number of nitro groups is 2. The number of non-ortho nitro benzene ring substituents is 1. The van der Waals surface area contributed by atoms with Crippen LogP contribution in [0.25, 0.3) is 0 Å². The molecule has 1 aromatic heterocycles. The second-order valence-electron chi connectivity index (χ2n) is 6.12. The van der Waals surface area contributed by atoms with Gasteiger partial charge in [0.25, 0.3) is 17.2 Å². The van der Waals surface area contributed by atoms with Gasteiger partial charge in [-0.15, -0.1) is 0 Å². The summed E-state index contributed by atoms with van der Waals surface area (Å²) in [7, 11) is 0. The van der Waals surface area contributed by atoms with E-state index in [-0.39, 0.29) is 17.1 Å². The molecule has 12 heteroatoms. The number of aromatic nitrogens is 1. The molecule has 2 heterocycles. The van der Waals surface area contributed by atoms with Gasteiger partial charge in [-0.3, -0.25) is 25.1 Å². The highest BCUT2D eigenvalue weighted by molar-refractivity contribution is 5.67. The summed E-state index contributed by atoms with van der Waals surface area (Å²) in [5, 5.41) is 22.1. The fourth-order valence-electron chi connectivity index (χ4n) is 3.02. The van der Waals surface area contributed by atoms with Crippen molar-refractivity contribution in [3.63, 3.8) is 0 Å². The Balaban J connectivity index is 1.73. The molecule has 2 aromatic rings. The van der Waals surface area contributed by atoms with Crippen molar-refractivity contribution in [2.24, 2.45) is 0 Å². The molecule has 9 nitrogen and oxygen atoms in total. The number of nitro benzene ring substituents is 2. The molecule has 148 valence electrons. The van der Waals surface area contributed by atoms with E-state index in [0.717, 1.165) is 18.3 Å². The lowest BCUT2D eigenvalue weighted by molar-refractivity contribution is -0.393. The second-order valence-corrected chi connectivity index (χ2v) is 6.12. The molecule has 0 aliphatic carbocycles. The number of alkyl halides is 3. The van der Waals surface area contributed by atoms with Gasteiger partial charge in [0.1, 0.15) is 25.0 Å². The van der Waals surface area contributed by atoms with E-state index in [4.69, 9.17) is 0 Å². The molecule has 1 aliphatic rings. The van der Waals surface area contributed by atoms with Crippen molar-refractivity contribution in [1.82, 2.24) is 0 Å². The predicted molar refractivity (Wildman–Crippen MR) is 92.2 cm³/mol. The number of pyridine rings is 1. The summed E-state index contributed by atoms with van der Waals surface area (Å²) < 4.78 is 37.9. The number of anilines is 2. The van der Waals surface area contributed by atoms with Crippen molar-refractivity contribution in [3.05, 3.63) is 62.3 Å².